The van der Waals surface area contributed by atoms with Crippen LogP contribution in [0.1, 0.15) is 21.0 Å². The summed E-state index contributed by atoms with van der Waals surface area (Å²) in [5, 5.41) is 3.81. The van der Waals surface area contributed by atoms with Gasteiger partial charge in [0.2, 0.25) is 0 Å². The first-order valence-electron chi connectivity index (χ1n) is 8.43. The number of carbonyl (C=O) groups is 1. The molecule has 2 aromatic heterocycles. The van der Waals surface area contributed by atoms with E-state index in [1.165, 1.54) is 23.5 Å². The molecule has 1 amide bonds. The third-order valence-corrected chi connectivity index (χ3v) is 5.15. The molecule has 0 bridgehead atoms. The fraction of sp³-hybridized carbons (Fsp3) is 0.0476. The van der Waals surface area contributed by atoms with Gasteiger partial charge < -0.3 is 4.42 Å². The number of hydrogen-bond donors (Lipinski definition) is 1. The van der Waals surface area contributed by atoms with Crippen LogP contribution in [-0.2, 0) is 6.42 Å². The second kappa shape index (κ2) is 7.96. The van der Waals surface area contributed by atoms with Gasteiger partial charge in [-0.05, 0) is 42.0 Å². The standard InChI is InChI=1S/C21H14ClFN2O2S/c22-15-3-1-2-14(11-15)18-8-9-19(27-18)20(26)25-21-24-12-17(28-21)10-13-4-6-16(23)7-5-13/h1-9,11-12H,10H2,(H,24,25,26). The van der Waals surface area contributed by atoms with E-state index in [0.29, 0.717) is 22.3 Å². The fourth-order valence-corrected chi connectivity index (χ4v) is 3.70. The molecule has 0 unspecified atom stereocenters. The number of rotatable bonds is 5. The number of nitrogens with one attached hydrogen (secondary N) is 1. The van der Waals surface area contributed by atoms with Crippen LogP contribution in [0, 0.1) is 5.82 Å². The highest BCUT2D eigenvalue weighted by atomic mass is 35.5. The average molecular weight is 413 g/mol. The van der Waals surface area contributed by atoms with Gasteiger partial charge in [0.1, 0.15) is 11.6 Å². The molecule has 0 aliphatic rings. The first-order chi connectivity index (χ1) is 13.6. The van der Waals surface area contributed by atoms with E-state index in [1.54, 1.807) is 42.6 Å². The van der Waals surface area contributed by atoms with Gasteiger partial charge in [0.15, 0.2) is 10.9 Å². The van der Waals surface area contributed by atoms with Crippen molar-refractivity contribution in [3.05, 3.63) is 93.9 Å². The molecule has 0 aliphatic carbocycles. The molecule has 4 rings (SSSR count). The normalized spacial score (nSPS) is 10.8. The predicted octanol–water partition coefficient (Wildman–Crippen LogP) is 6.04. The molecule has 0 spiro atoms. The van der Waals surface area contributed by atoms with Gasteiger partial charge in [-0.15, -0.1) is 11.3 Å². The monoisotopic (exact) mass is 412 g/mol. The molecule has 2 aromatic carbocycles. The van der Waals surface area contributed by atoms with Gasteiger partial charge in [-0.25, -0.2) is 9.37 Å². The lowest BCUT2D eigenvalue weighted by Crippen LogP contribution is -2.10. The van der Waals surface area contributed by atoms with E-state index in [2.05, 4.69) is 10.3 Å². The number of anilines is 1. The molecular weight excluding hydrogens is 399 g/mol. The van der Waals surface area contributed by atoms with Crippen molar-refractivity contribution in [2.45, 2.75) is 6.42 Å². The molecule has 1 N–H and O–H groups in total. The summed E-state index contributed by atoms with van der Waals surface area (Å²) < 4.78 is 18.6. The van der Waals surface area contributed by atoms with Crippen LogP contribution in [0.25, 0.3) is 11.3 Å². The van der Waals surface area contributed by atoms with Gasteiger partial charge >= 0.3 is 0 Å². The molecule has 0 saturated carbocycles. The average Bonchev–Trinajstić information content (AvgIpc) is 3.33. The van der Waals surface area contributed by atoms with Gasteiger partial charge in [-0.3, -0.25) is 10.1 Å². The lowest BCUT2D eigenvalue weighted by molar-refractivity contribution is 0.0997. The Hall–Kier alpha value is -2.96. The minimum Gasteiger partial charge on any atom is -0.451 e. The summed E-state index contributed by atoms with van der Waals surface area (Å²) in [5.41, 5.74) is 1.77. The lowest BCUT2D eigenvalue weighted by Gasteiger charge is -2.00. The number of hydrogen-bond acceptors (Lipinski definition) is 4. The highest BCUT2D eigenvalue weighted by Crippen LogP contribution is 2.26. The first kappa shape index (κ1) is 18.4. The largest absolute Gasteiger partial charge is 0.451 e. The van der Waals surface area contributed by atoms with E-state index in [9.17, 15) is 9.18 Å². The third-order valence-electron chi connectivity index (χ3n) is 4.00. The summed E-state index contributed by atoms with van der Waals surface area (Å²) in [6.07, 6.45) is 2.32. The number of thiazole rings is 1. The Bertz CT molecular complexity index is 1120. The van der Waals surface area contributed by atoms with Gasteiger partial charge in [-0.1, -0.05) is 35.9 Å². The summed E-state index contributed by atoms with van der Waals surface area (Å²) in [4.78, 5) is 17.6. The quantitative estimate of drug-likeness (QED) is 0.434. The molecule has 2 heterocycles. The van der Waals surface area contributed by atoms with Crippen molar-refractivity contribution < 1.29 is 13.6 Å². The van der Waals surface area contributed by atoms with Gasteiger partial charge in [-0.2, -0.15) is 0 Å². The lowest BCUT2D eigenvalue weighted by atomic mass is 10.1. The Morgan fingerprint density at radius 2 is 1.96 bits per heavy atom. The van der Waals surface area contributed by atoms with Crippen molar-refractivity contribution in [1.29, 1.82) is 0 Å². The molecule has 4 aromatic rings. The van der Waals surface area contributed by atoms with E-state index in [-0.39, 0.29) is 17.5 Å². The molecule has 140 valence electrons. The second-order valence-corrected chi connectivity index (χ2v) is 7.61. The second-order valence-electron chi connectivity index (χ2n) is 6.06. The minimum atomic E-state index is -0.379. The van der Waals surface area contributed by atoms with Crippen molar-refractivity contribution >= 4 is 34.0 Å². The molecule has 0 aliphatic heterocycles. The molecular formula is C21H14ClFN2O2S. The minimum absolute atomic E-state index is 0.185. The van der Waals surface area contributed by atoms with E-state index in [1.807, 2.05) is 12.1 Å². The molecule has 0 saturated heterocycles. The zero-order valence-electron chi connectivity index (χ0n) is 14.5. The number of halogens is 2. The van der Waals surface area contributed by atoms with E-state index >= 15 is 0 Å². The SMILES string of the molecule is O=C(Nc1ncc(Cc2ccc(F)cc2)s1)c1ccc(-c2cccc(Cl)c2)o1. The van der Waals surface area contributed by atoms with Crippen molar-refractivity contribution in [2.75, 3.05) is 5.32 Å². The Morgan fingerprint density at radius 3 is 2.75 bits per heavy atom. The Balaban J connectivity index is 1.43. The maximum Gasteiger partial charge on any atom is 0.293 e. The zero-order chi connectivity index (χ0) is 19.5. The highest BCUT2D eigenvalue weighted by Gasteiger charge is 2.14. The maximum absolute atomic E-state index is 13.0. The predicted molar refractivity (Wildman–Crippen MR) is 108 cm³/mol. The number of carbonyl (C=O) groups excluding carboxylic acids is 1. The number of benzene rings is 2. The van der Waals surface area contributed by atoms with Crippen molar-refractivity contribution in [3.63, 3.8) is 0 Å². The fourth-order valence-electron chi connectivity index (χ4n) is 2.67. The maximum atomic E-state index is 13.0. The van der Waals surface area contributed by atoms with Crippen LogP contribution in [0.2, 0.25) is 5.02 Å². The number of aromatic nitrogens is 1. The molecule has 0 fully saturated rings. The molecule has 4 nitrogen and oxygen atoms in total. The summed E-state index contributed by atoms with van der Waals surface area (Å²) in [6, 6.07) is 16.9. The smallest absolute Gasteiger partial charge is 0.293 e. The summed E-state index contributed by atoms with van der Waals surface area (Å²) >= 11 is 7.36. The van der Waals surface area contributed by atoms with Crippen molar-refractivity contribution in [3.8, 4) is 11.3 Å². The van der Waals surface area contributed by atoms with Crippen LogP contribution in [0.4, 0.5) is 9.52 Å². The summed E-state index contributed by atoms with van der Waals surface area (Å²) in [5.74, 6) is 0.0987. The van der Waals surface area contributed by atoms with E-state index in [4.69, 9.17) is 16.0 Å². The molecule has 7 heteroatoms. The van der Waals surface area contributed by atoms with Crippen LogP contribution in [0.15, 0.2) is 71.3 Å². The van der Waals surface area contributed by atoms with Crippen LogP contribution < -0.4 is 5.32 Å². The van der Waals surface area contributed by atoms with Crippen molar-refractivity contribution in [1.82, 2.24) is 4.98 Å². The topological polar surface area (TPSA) is 55.1 Å². The van der Waals surface area contributed by atoms with Crippen LogP contribution in [0.5, 0.6) is 0 Å². The van der Waals surface area contributed by atoms with Crippen LogP contribution in [0.3, 0.4) is 0 Å². The zero-order valence-corrected chi connectivity index (χ0v) is 16.1. The highest BCUT2D eigenvalue weighted by molar-refractivity contribution is 7.15. The summed E-state index contributed by atoms with van der Waals surface area (Å²) in [6.45, 7) is 0. The number of amides is 1. The first-order valence-corrected chi connectivity index (χ1v) is 9.62. The van der Waals surface area contributed by atoms with Gasteiger partial charge in [0.25, 0.3) is 5.91 Å². The molecule has 28 heavy (non-hydrogen) atoms. The van der Waals surface area contributed by atoms with Crippen LogP contribution >= 0.6 is 22.9 Å². The Morgan fingerprint density at radius 1 is 1.14 bits per heavy atom. The van der Waals surface area contributed by atoms with E-state index < -0.39 is 0 Å². The van der Waals surface area contributed by atoms with E-state index in [0.717, 1.165) is 16.0 Å². The molecule has 0 radical (unpaired) electrons. The Labute approximate surface area is 169 Å². The van der Waals surface area contributed by atoms with Crippen molar-refractivity contribution in [2.24, 2.45) is 0 Å². The Kier molecular flexibility index (Phi) is 5.23. The third kappa shape index (κ3) is 4.30. The summed E-state index contributed by atoms with van der Waals surface area (Å²) in [7, 11) is 0. The van der Waals surface area contributed by atoms with Gasteiger partial charge in [0.05, 0.1) is 0 Å². The number of furan rings is 1. The van der Waals surface area contributed by atoms with Gasteiger partial charge in [0, 0.05) is 28.1 Å². The number of nitrogens with zero attached hydrogens (tertiary/aromatic N) is 1. The molecule has 0 atom stereocenters. The van der Waals surface area contributed by atoms with Crippen LogP contribution in [-0.4, -0.2) is 10.9 Å².